The molecule has 0 bridgehead atoms. The summed E-state index contributed by atoms with van der Waals surface area (Å²) in [6, 6.07) is 11.9. The third-order valence-electron chi connectivity index (χ3n) is 6.57. The van der Waals surface area contributed by atoms with Gasteiger partial charge >= 0.3 is 0 Å². The van der Waals surface area contributed by atoms with Gasteiger partial charge in [-0.25, -0.2) is 12.8 Å². The molecule has 0 spiro atoms. The largest absolute Gasteiger partial charge is 0.484 e. The zero-order valence-electron chi connectivity index (χ0n) is 21.3. The Morgan fingerprint density at radius 1 is 1.26 bits per heavy atom. The van der Waals surface area contributed by atoms with Gasteiger partial charge in [0.25, 0.3) is 5.91 Å². The summed E-state index contributed by atoms with van der Waals surface area (Å²) in [6.07, 6.45) is 0.835. The fourth-order valence-electron chi connectivity index (χ4n) is 4.69. The first-order valence-electron chi connectivity index (χ1n) is 12.2. The number of likely N-dealkylation sites (N-methyl/N-ethyl adjacent to an activating group) is 1. The van der Waals surface area contributed by atoms with E-state index in [0.717, 1.165) is 28.6 Å². The van der Waals surface area contributed by atoms with Crippen molar-refractivity contribution in [2.24, 2.45) is 0 Å². The molecule has 2 aliphatic heterocycles. The van der Waals surface area contributed by atoms with Gasteiger partial charge in [-0.3, -0.25) is 24.0 Å². The first-order chi connectivity index (χ1) is 18.0. The van der Waals surface area contributed by atoms with Crippen LogP contribution < -0.4 is 14.8 Å². The standard InChI is InChI=1S/C26H31FN4O6S/c1-30(26(34)11-17-6-7-18-13-24(32)28-22(18)10-17)23(15-31-9-8-20(27)14-31)19-4-3-5-21(12-19)37-16-25(33)29-38(2,35)36/h3-7,10,12,20,23H,8-9,11,13-16H2,1-2H3,(H,28,32)(H,29,33)/t20-,23?/m0/s1. The predicted octanol–water partition coefficient (Wildman–Crippen LogP) is 1.42. The van der Waals surface area contributed by atoms with E-state index in [2.05, 4.69) is 5.32 Å². The van der Waals surface area contributed by atoms with Crippen molar-refractivity contribution in [1.82, 2.24) is 14.5 Å². The maximum absolute atomic E-state index is 13.9. The van der Waals surface area contributed by atoms with Gasteiger partial charge in [0.15, 0.2) is 6.61 Å². The van der Waals surface area contributed by atoms with Crippen molar-refractivity contribution in [2.75, 3.05) is 44.9 Å². The Balaban J connectivity index is 1.50. The van der Waals surface area contributed by atoms with Gasteiger partial charge < -0.3 is 15.0 Å². The summed E-state index contributed by atoms with van der Waals surface area (Å²) in [5.41, 5.74) is 3.11. The Morgan fingerprint density at radius 3 is 2.76 bits per heavy atom. The molecule has 204 valence electrons. The maximum Gasteiger partial charge on any atom is 0.271 e. The van der Waals surface area contributed by atoms with Crippen LogP contribution in [0.25, 0.3) is 0 Å². The molecule has 38 heavy (non-hydrogen) atoms. The van der Waals surface area contributed by atoms with Crippen LogP contribution in [0.15, 0.2) is 42.5 Å². The number of hydrogen-bond donors (Lipinski definition) is 2. The number of halogens is 1. The number of hydrogen-bond acceptors (Lipinski definition) is 7. The molecule has 2 N–H and O–H groups in total. The van der Waals surface area contributed by atoms with Gasteiger partial charge in [-0.15, -0.1) is 0 Å². The SMILES string of the molecule is CN(C(=O)Cc1ccc2c(c1)NC(=O)C2)C(CN1CC[C@H](F)C1)c1cccc(OCC(=O)NS(C)(=O)=O)c1. The number of anilines is 1. The van der Waals surface area contributed by atoms with Gasteiger partial charge in [-0.1, -0.05) is 24.3 Å². The minimum atomic E-state index is -3.70. The van der Waals surface area contributed by atoms with Crippen molar-refractivity contribution in [3.8, 4) is 5.75 Å². The normalized spacial score (nSPS) is 18.0. The van der Waals surface area contributed by atoms with Crippen LogP contribution >= 0.6 is 0 Å². The van der Waals surface area contributed by atoms with Crippen molar-refractivity contribution < 1.29 is 31.9 Å². The van der Waals surface area contributed by atoms with E-state index in [4.69, 9.17) is 4.74 Å². The molecule has 0 aliphatic carbocycles. The number of fused-ring (bicyclic) bond motifs is 1. The molecule has 10 nitrogen and oxygen atoms in total. The van der Waals surface area contributed by atoms with Crippen molar-refractivity contribution >= 4 is 33.4 Å². The Kier molecular flexibility index (Phi) is 8.32. The highest BCUT2D eigenvalue weighted by Crippen LogP contribution is 2.28. The number of nitrogens with zero attached hydrogens (tertiary/aromatic N) is 2. The van der Waals surface area contributed by atoms with E-state index in [0.29, 0.717) is 31.7 Å². The monoisotopic (exact) mass is 546 g/mol. The lowest BCUT2D eigenvalue weighted by molar-refractivity contribution is -0.131. The average molecular weight is 547 g/mol. The van der Waals surface area contributed by atoms with E-state index in [9.17, 15) is 27.2 Å². The molecule has 0 aromatic heterocycles. The van der Waals surface area contributed by atoms with Gasteiger partial charge in [0.1, 0.15) is 11.9 Å². The molecule has 4 rings (SSSR count). The molecule has 2 aromatic rings. The first-order valence-corrected chi connectivity index (χ1v) is 14.1. The van der Waals surface area contributed by atoms with E-state index in [-0.39, 0.29) is 24.8 Å². The van der Waals surface area contributed by atoms with Gasteiger partial charge in [0, 0.05) is 32.4 Å². The number of likely N-dealkylation sites (tertiary alicyclic amines) is 1. The molecule has 1 unspecified atom stereocenters. The fourth-order valence-corrected chi connectivity index (χ4v) is 5.16. The Labute approximate surface area is 221 Å². The number of amides is 3. The molecule has 0 radical (unpaired) electrons. The molecule has 1 fully saturated rings. The molecular formula is C26H31FN4O6S. The molecule has 2 atom stereocenters. The zero-order valence-corrected chi connectivity index (χ0v) is 22.1. The second kappa shape index (κ2) is 11.5. The molecule has 2 aromatic carbocycles. The van der Waals surface area contributed by atoms with Crippen molar-refractivity contribution in [3.05, 3.63) is 59.2 Å². The molecule has 1 saturated heterocycles. The minimum Gasteiger partial charge on any atom is -0.484 e. The van der Waals surface area contributed by atoms with Crippen LogP contribution in [0.1, 0.15) is 29.2 Å². The molecule has 0 saturated carbocycles. The third-order valence-corrected chi connectivity index (χ3v) is 7.17. The molecule has 12 heteroatoms. The topological polar surface area (TPSA) is 125 Å². The quantitative estimate of drug-likeness (QED) is 0.462. The highest BCUT2D eigenvalue weighted by atomic mass is 32.2. The number of nitrogens with one attached hydrogen (secondary N) is 2. The highest BCUT2D eigenvalue weighted by molar-refractivity contribution is 7.89. The molecule has 2 aliphatic rings. The molecule has 2 heterocycles. The van der Waals surface area contributed by atoms with Gasteiger partial charge in [0.05, 0.1) is 25.1 Å². The number of alkyl halides is 1. The highest BCUT2D eigenvalue weighted by Gasteiger charge is 2.29. The van der Waals surface area contributed by atoms with Crippen LogP contribution in [-0.4, -0.2) is 81.7 Å². The Bertz CT molecular complexity index is 1330. The van der Waals surface area contributed by atoms with E-state index >= 15 is 0 Å². The van der Waals surface area contributed by atoms with Crippen molar-refractivity contribution in [3.63, 3.8) is 0 Å². The summed E-state index contributed by atoms with van der Waals surface area (Å²) in [5.74, 6) is -0.711. The van der Waals surface area contributed by atoms with E-state index in [1.165, 1.54) is 0 Å². The molecular weight excluding hydrogens is 515 g/mol. The number of benzene rings is 2. The van der Waals surface area contributed by atoms with Gasteiger partial charge in [0.2, 0.25) is 21.8 Å². The Morgan fingerprint density at radius 2 is 2.05 bits per heavy atom. The summed E-state index contributed by atoms with van der Waals surface area (Å²) in [5, 5.41) is 2.80. The lowest BCUT2D eigenvalue weighted by Gasteiger charge is -2.32. The summed E-state index contributed by atoms with van der Waals surface area (Å²) in [6.45, 7) is 0.762. The van der Waals surface area contributed by atoms with E-state index < -0.39 is 34.8 Å². The van der Waals surface area contributed by atoms with Crippen molar-refractivity contribution in [2.45, 2.75) is 31.5 Å². The van der Waals surface area contributed by atoms with E-state index in [1.54, 1.807) is 30.1 Å². The number of carbonyl (C=O) groups is 3. The van der Waals surface area contributed by atoms with Crippen LogP contribution in [0.5, 0.6) is 5.75 Å². The second-order valence-corrected chi connectivity index (χ2v) is 11.5. The fraction of sp³-hybridized carbons (Fsp3) is 0.423. The van der Waals surface area contributed by atoms with Crippen LogP contribution in [0.4, 0.5) is 10.1 Å². The predicted molar refractivity (Wildman–Crippen MR) is 139 cm³/mol. The average Bonchev–Trinajstić information content (AvgIpc) is 3.43. The maximum atomic E-state index is 13.9. The lowest BCUT2D eigenvalue weighted by Crippen LogP contribution is -2.39. The van der Waals surface area contributed by atoms with Crippen LogP contribution in [-0.2, 0) is 37.2 Å². The third kappa shape index (κ3) is 7.29. The van der Waals surface area contributed by atoms with Crippen LogP contribution in [0.2, 0.25) is 0 Å². The number of ether oxygens (including phenoxy) is 1. The second-order valence-electron chi connectivity index (χ2n) is 9.72. The van der Waals surface area contributed by atoms with Gasteiger partial charge in [-0.2, -0.15) is 0 Å². The number of rotatable bonds is 10. The summed E-state index contributed by atoms with van der Waals surface area (Å²) in [4.78, 5) is 40.5. The first kappa shape index (κ1) is 27.5. The number of sulfonamides is 1. The summed E-state index contributed by atoms with van der Waals surface area (Å²) >= 11 is 0. The number of carbonyl (C=O) groups excluding carboxylic acids is 3. The zero-order chi connectivity index (χ0) is 27.4. The van der Waals surface area contributed by atoms with Gasteiger partial charge in [-0.05, 0) is 41.3 Å². The van der Waals surface area contributed by atoms with E-state index in [1.807, 2.05) is 33.9 Å². The summed E-state index contributed by atoms with van der Waals surface area (Å²) < 4.78 is 43.7. The minimum absolute atomic E-state index is 0.0756. The lowest BCUT2D eigenvalue weighted by atomic mass is 10.0. The van der Waals surface area contributed by atoms with Crippen LogP contribution in [0, 0.1) is 0 Å². The Hall–Kier alpha value is -3.51. The summed E-state index contributed by atoms with van der Waals surface area (Å²) in [7, 11) is -2.01. The van der Waals surface area contributed by atoms with Crippen molar-refractivity contribution in [1.29, 1.82) is 0 Å². The molecule has 3 amide bonds. The van der Waals surface area contributed by atoms with Crippen LogP contribution in [0.3, 0.4) is 0 Å². The smallest absolute Gasteiger partial charge is 0.271 e.